The topological polar surface area (TPSA) is 82.1 Å². The summed E-state index contributed by atoms with van der Waals surface area (Å²) in [5, 5.41) is 12.3. The monoisotopic (exact) mass is 320 g/mol. The second-order valence-corrected chi connectivity index (χ2v) is 5.78. The maximum Gasteiger partial charge on any atom is 0.226 e. The van der Waals surface area contributed by atoms with Crippen molar-refractivity contribution in [2.45, 2.75) is 52.3 Å². The lowest BCUT2D eigenvalue weighted by atomic mass is 10.2. The minimum atomic E-state index is -0.0577. The van der Waals surface area contributed by atoms with E-state index >= 15 is 0 Å². The summed E-state index contributed by atoms with van der Waals surface area (Å²) >= 11 is 0. The fraction of sp³-hybridized carbons (Fsp3) is 0.733. The fourth-order valence-electron chi connectivity index (χ4n) is 2.74. The van der Waals surface area contributed by atoms with Gasteiger partial charge in [-0.25, -0.2) is 0 Å². The van der Waals surface area contributed by atoms with E-state index in [4.69, 9.17) is 9.26 Å². The molecular weight excluding hydrogens is 296 g/mol. The Bertz CT molecular complexity index is 611. The third kappa shape index (κ3) is 3.94. The zero-order valence-electron chi connectivity index (χ0n) is 13.8. The number of morpholine rings is 1. The number of hydrogen-bond acceptors (Lipinski definition) is 7. The lowest BCUT2D eigenvalue weighted by Gasteiger charge is -2.31. The molecule has 1 aliphatic heterocycles. The Hall–Kier alpha value is -1.80. The van der Waals surface area contributed by atoms with E-state index in [1.165, 1.54) is 0 Å². The molecule has 0 aromatic carbocycles. The molecule has 0 N–H and O–H groups in total. The van der Waals surface area contributed by atoms with Crippen LogP contribution in [0.25, 0.3) is 0 Å². The summed E-state index contributed by atoms with van der Waals surface area (Å²) in [5.74, 6) is 2.36. The van der Waals surface area contributed by atoms with Gasteiger partial charge in [0, 0.05) is 26.1 Å². The van der Waals surface area contributed by atoms with Gasteiger partial charge < -0.3 is 13.8 Å². The normalized spacial score (nSPS) is 19.3. The van der Waals surface area contributed by atoms with E-state index in [0.29, 0.717) is 13.2 Å². The van der Waals surface area contributed by atoms with Crippen LogP contribution < -0.4 is 0 Å². The van der Waals surface area contributed by atoms with Gasteiger partial charge in [0.15, 0.2) is 11.6 Å². The number of unbranched alkanes of at least 4 members (excludes halogenated alkanes) is 1. The van der Waals surface area contributed by atoms with Crippen LogP contribution in [0.3, 0.4) is 0 Å². The molecule has 23 heavy (non-hydrogen) atoms. The summed E-state index contributed by atoms with van der Waals surface area (Å²) in [6, 6.07) is 0. The van der Waals surface area contributed by atoms with Gasteiger partial charge in [-0.2, -0.15) is 4.98 Å². The van der Waals surface area contributed by atoms with Crippen LogP contribution in [0.15, 0.2) is 10.9 Å². The number of hydrogen-bond donors (Lipinski definition) is 0. The lowest BCUT2D eigenvalue weighted by molar-refractivity contribution is -0.0397. The van der Waals surface area contributed by atoms with E-state index in [9.17, 15) is 0 Å². The highest BCUT2D eigenvalue weighted by Gasteiger charge is 2.26. The largest absolute Gasteiger partial charge is 0.368 e. The molecule has 0 radical (unpaired) electrons. The van der Waals surface area contributed by atoms with Crippen molar-refractivity contribution in [3.8, 4) is 0 Å². The van der Waals surface area contributed by atoms with Crippen molar-refractivity contribution in [3.63, 3.8) is 0 Å². The van der Waals surface area contributed by atoms with Crippen LogP contribution in [0.1, 0.15) is 50.3 Å². The zero-order chi connectivity index (χ0) is 16.1. The average Bonchev–Trinajstić information content (AvgIpc) is 3.22. The summed E-state index contributed by atoms with van der Waals surface area (Å²) in [4.78, 5) is 6.75. The van der Waals surface area contributed by atoms with Gasteiger partial charge in [-0.05, 0) is 13.3 Å². The number of rotatable bonds is 7. The third-order valence-electron chi connectivity index (χ3n) is 4.04. The van der Waals surface area contributed by atoms with Crippen LogP contribution in [-0.4, -0.2) is 49.5 Å². The summed E-state index contributed by atoms with van der Waals surface area (Å²) in [5.41, 5.74) is 0. The number of aryl methyl sites for hydroxylation is 2. The molecule has 1 saturated heterocycles. The van der Waals surface area contributed by atoms with Gasteiger partial charge in [0.25, 0.3) is 0 Å². The Balaban J connectivity index is 1.59. The van der Waals surface area contributed by atoms with Crippen molar-refractivity contribution in [2.24, 2.45) is 0 Å². The predicted molar refractivity (Wildman–Crippen MR) is 82.6 cm³/mol. The van der Waals surface area contributed by atoms with Crippen LogP contribution in [0.2, 0.25) is 0 Å². The molecule has 0 spiro atoms. The van der Waals surface area contributed by atoms with Crippen LogP contribution in [0, 0.1) is 0 Å². The number of nitrogens with zero attached hydrogens (tertiary/aromatic N) is 6. The predicted octanol–water partition coefficient (Wildman–Crippen LogP) is 1.60. The molecule has 1 aliphatic rings. The molecule has 3 rings (SSSR count). The average molecular weight is 320 g/mol. The van der Waals surface area contributed by atoms with E-state index in [1.54, 1.807) is 6.33 Å². The quantitative estimate of drug-likeness (QED) is 0.766. The molecule has 1 fully saturated rings. The SMILES string of the molecule is CCCCc1nc(CN2CCO[C@H](c3nncn3CC)C2)no1. The molecular formula is C15H24N6O2. The first kappa shape index (κ1) is 16.1. The van der Waals surface area contributed by atoms with Gasteiger partial charge in [0.2, 0.25) is 5.89 Å². The van der Waals surface area contributed by atoms with Gasteiger partial charge in [0.05, 0.1) is 13.2 Å². The first-order chi connectivity index (χ1) is 11.3. The summed E-state index contributed by atoms with van der Waals surface area (Å²) in [7, 11) is 0. The standard InChI is InChI=1S/C15H24N6O2/c1-3-5-6-14-17-13(19-23-14)10-20-7-8-22-12(9-20)15-18-16-11-21(15)4-2/h11-12H,3-10H2,1-2H3/t12-/m0/s1. The minimum absolute atomic E-state index is 0.0577. The highest BCUT2D eigenvalue weighted by Crippen LogP contribution is 2.21. The van der Waals surface area contributed by atoms with E-state index < -0.39 is 0 Å². The van der Waals surface area contributed by atoms with Crippen molar-refractivity contribution in [3.05, 3.63) is 23.9 Å². The molecule has 0 unspecified atom stereocenters. The summed E-state index contributed by atoms with van der Waals surface area (Å²) in [6.07, 6.45) is 4.75. The smallest absolute Gasteiger partial charge is 0.226 e. The van der Waals surface area contributed by atoms with E-state index in [-0.39, 0.29) is 6.10 Å². The maximum absolute atomic E-state index is 5.86. The third-order valence-corrected chi connectivity index (χ3v) is 4.04. The first-order valence-electron chi connectivity index (χ1n) is 8.33. The van der Waals surface area contributed by atoms with Crippen molar-refractivity contribution in [1.82, 2.24) is 29.8 Å². The van der Waals surface area contributed by atoms with Crippen molar-refractivity contribution < 1.29 is 9.26 Å². The van der Waals surface area contributed by atoms with Crippen molar-refractivity contribution in [2.75, 3.05) is 19.7 Å². The van der Waals surface area contributed by atoms with Gasteiger partial charge in [-0.15, -0.1) is 10.2 Å². The van der Waals surface area contributed by atoms with Gasteiger partial charge in [-0.1, -0.05) is 18.5 Å². The van der Waals surface area contributed by atoms with Crippen LogP contribution in [0.5, 0.6) is 0 Å². The second kappa shape index (κ2) is 7.65. The highest BCUT2D eigenvalue weighted by molar-refractivity contribution is 4.96. The van der Waals surface area contributed by atoms with Crippen molar-refractivity contribution in [1.29, 1.82) is 0 Å². The number of aromatic nitrogens is 5. The first-order valence-corrected chi connectivity index (χ1v) is 8.33. The summed E-state index contributed by atoms with van der Waals surface area (Å²) < 4.78 is 13.2. The molecule has 0 bridgehead atoms. The number of ether oxygens (including phenoxy) is 1. The second-order valence-electron chi connectivity index (χ2n) is 5.78. The Labute approximate surface area is 135 Å². The maximum atomic E-state index is 5.86. The van der Waals surface area contributed by atoms with Crippen LogP contribution in [-0.2, 0) is 24.2 Å². The van der Waals surface area contributed by atoms with Gasteiger partial charge in [0.1, 0.15) is 12.4 Å². The summed E-state index contributed by atoms with van der Waals surface area (Å²) in [6.45, 7) is 8.03. The molecule has 0 aliphatic carbocycles. The molecule has 2 aromatic heterocycles. The van der Waals surface area contributed by atoms with Crippen molar-refractivity contribution >= 4 is 0 Å². The van der Waals surface area contributed by atoms with Crippen LogP contribution >= 0.6 is 0 Å². The Morgan fingerprint density at radius 2 is 2.26 bits per heavy atom. The molecule has 3 heterocycles. The fourth-order valence-corrected chi connectivity index (χ4v) is 2.74. The highest BCUT2D eigenvalue weighted by atomic mass is 16.5. The lowest BCUT2D eigenvalue weighted by Crippen LogP contribution is -2.39. The molecule has 0 amide bonds. The molecule has 8 heteroatoms. The minimum Gasteiger partial charge on any atom is -0.368 e. The molecule has 0 saturated carbocycles. The molecule has 1 atom stereocenters. The molecule has 126 valence electrons. The Kier molecular flexibility index (Phi) is 5.35. The molecule has 8 nitrogen and oxygen atoms in total. The van der Waals surface area contributed by atoms with E-state index in [0.717, 1.165) is 56.4 Å². The van der Waals surface area contributed by atoms with Crippen LogP contribution in [0.4, 0.5) is 0 Å². The molecule has 2 aromatic rings. The zero-order valence-corrected chi connectivity index (χ0v) is 13.8. The Morgan fingerprint density at radius 1 is 1.35 bits per heavy atom. The van der Waals surface area contributed by atoms with Gasteiger partial charge >= 0.3 is 0 Å². The van der Waals surface area contributed by atoms with E-state index in [2.05, 4.69) is 39.1 Å². The van der Waals surface area contributed by atoms with E-state index in [1.807, 2.05) is 4.57 Å². The van der Waals surface area contributed by atoms with Gasteiger partial charge in [-0.3, -0.25) is 4.90 Å². The Morgan fingerprint density at radius 3 is 3.09 bits per heavy atom.